The molecular formula is C14H19FN2. The molecule has 0 saturated carbocycles. The lowest BCUT2D eigenvalue weighted by molar-refractivity contribution is 0.543. The lowest BCUT2D eigenvalue weighted by Gasteiger charge is -2.17. The fourth-order valence-corrected chi connectivity index (χ4v) is 1.60. The molecule has 0 aliphatic rings. The van der Waals surface area contributed by atoms with E-state index in [0.29, 0.717) is 12.1 Å². The van der Waals surface area contributed by atoms with Crippen molar-refractivity contribution < 1.29 is 4.39 Å². The molecule has 0 spiro atoms. The van der Waals surface area contributed by atoms with Gasteiger partial charge in [0.15, 0.2) is 0 Å². The van der Waals surface area contributed by atoms with Crippen LogP contribution in [0.2, 0.25) is 0 Å². The first-order chi connectivity index (χ1) is 8.19. The Balaban J connectivity index is 2.64. The number of halogens is 1. The van der Waals surface area contributed by atoms with Gasteiger partial charge in [-0.2, -0.15) is 0 Å². The molecule has 0 aliphatic heterocycles. The highest BCUT2D eigenvalue weighted by Crippen LogP contribution is 2.15. The van der Waals surface area contributed by atoms with E-state index < -0.39 is 0 Å². The Morgan fingerprint density at radius 3 is 2.82 bits per heavy atom. The Bertz CT molecular complexity index is 418. The molecule has 2 nitrogen and oxygen atoms in total. The highest BCUT2D eigenvalue weighted by Gasteiger charge is 2.09. The molecule has 0 aliphatic carbocycles. The van der Waals surface area contributed by atoms with Crippen LogP contribution in [0.3, 0.4) is 0 Å². The Labute approximate surface area is 102 Å². The highest BCUT2D eigenvalue weighted by atomic mass is 19.1. The van der Waals surface area contributed by atoms with E-state index in [4.69, 9.17) is 5.73 Å². The summed E-state index contributed by atoms with van der Waals surface area (Å²) in [6.07, 6.45) is 0.779. The summed E-state index contributed by atoms with van der Waals surface area (Å²) in [5.74, 6) is 5.62. The molecule has 0 radical (unpaired) electrons. The molecule has 0 aromatic heterocycles. The minimum Gasteiger partial charge on any atom is -0.329 e. The van der Waals surface area contributed by atoms with E-state index in [-0.39, 0.29) is 11.9 Å². The van der Waals surface area contributed by atoms with E-state index in [1.54, 1.807) is 19.1 Å². The lowest BCUT2D eigenvalue weighted by atomic mass is 10.0. The van der Waals surface area contributed by atoms with E-state index >= 15 is 0 Å². The van der Waals surface area contributed by atoms with Gasteiger partial charge in [0.1, 0.15) is 5.82 Å². The van der Waals surface area contributed by atoms with Gasteiger partial charge in [-0.15, -0.1) is 11.8 Å². The van der Waals surface area contributed by atoms with E-state index in [9.17, 15) is 4.39 Å². The standard InChI is InChI=1S/C14H19FN2/c1-3-4-5-8-17-14(10-16)12-7-6-11(2)13(15)9-12/h6-7,9,14,17H,5,8,10,16H2,1-2H3. The second kappa shape index (κ2) is 7.05. The fourth-order valence-electron chi connectivity index (χ4n) is 1.60. The Morgan fingerprint density at radius 1 is 1.47 bits per heavy atom. The molecule has 0 saturated heterocycles. The number of hydrogen-bond acceptors (Lipinski definition) is 2. The van der Waals surface area contributed by atoms with E-state index in [0.717, 1.165) is 18.5 Å². The summed E-state index contributed by atoms with van der Waals surface area (Å²) in [4.78, 5) is 0. The SMILES string of the molecule is CC#CCCNC(CN)c1ccc(C)c(F)c1. The van der Waals surface area contributed by atoms with Gasteiger partial charge in [-0.3, -0.25) is 0 Å². The molecule has 0 bridgehead atoms. The maximum absolute atomic E-state index is 13.4. The molecule has 3 heteroatoms. The first-order valence-electron chi connectivity index (χ1n) is 5.78. The van der Waals surface area contributed by atoms with Gasteiger partial charge in [0, 0.05) is 25.6 Å². The predicted octanol–water partition coefficient (Wildman–Crippen LogP) is 2.14. The Morgan fingerprint density at radius 2 is 2.24 bits per heavy atom. The largest absolute Gasteiger partial charge is 0.329 e. The molecule has 0 heterocycles. The first kappa shape index (κ1) is 13.7. The number of rotatable bonds is 5. The van der Waals surface area contributed by atoms with E-state index in [1.165, 1.54) is 0 Å². The summed E-state index contributed by atoms with van der Waals surface area (Å²) >= 11 is 0. The van der Waals surface area contributed by atoms with Crippen molar-refractivity contribution in [1.82, 2.24) is 5.32 Å². The third-order valence-corrected chi connectivity index (χ3v) is 2.65. The number of hydrogen-bond donors (Lipinski definition) is 2. The minimum absolute atomic E-state index is 0.0104. The maximum Gasteiger partial charge on any atom is 0.126 e. The van der Waals surface area contributed by atoms with Crippen LogP contribution in [-0.4, -0.2) is 13.1 Å². The summed E-state index contributed by atoms with van der Waals surface area (Å²) in [6, 6.07) is 5.23. The monoisotopic (exact) mass is 234 g/mol. The molecule has 0 fully saturated rings. The number of nitrogens with two attached hydrogens (primary N) is 1. The molecule has 92 valence electrons. The van der Waals surface area contributed by atoms with Crippen LogP contribution in [0.15, 0.2) is 18.2 Å². The van der Waals surface area contributed by atoms with Gasteiger partial charge in [-0.1, -0.05) is 12.1 Å². The van der Waals surface area contributed by atoms with Crippen molar-refractivity contribution in [2.75, 3.05) is 13.1 Å². The van der Waals surface area contributed by atoms with Crippen LogP contribution in [0.4, 0.5) is 4.39 Å². The van der Waals surface area contributed by atoms with Crippen molar-refractivity contribution in [3.05, 3.63) is 35.1 Å². The lowest BCUT2D eigenvalue weighted by Crippen LogP contribution is -2.29. The molecule has 1 rings (SSSR count). The predicted molar refractivity (Wildman–Crippen MR) is 69.0 cm³/mol. The Hall–Kier alpha value is -1.37. The fraction of sp³-hybridized carbons (Fsp3) is 0.429. The van der Waals surface area contributed by atoms with Gasteiger partial charge in [0.2, 0.25) is 0 Å². The number of nitrogens with one attached hydrogen (secondary N) is 1. The number of aryl methyl sites for hydroxylation is 1. The summed E-state index contributed by atoms with van der Waals surface area (Å²) < 4.78 is 13.4. The van der Waals surface area contributed by atoms with Crippen LogP contribution in [0.25, 0.3) is 0 Å². The average molecular weight is 234 g/mol. The van der Waals surface area contributed by atoms with Gasteiger partial charge in [0.05, 0.1) is 0 Å². The van der Waals surface area contributed by atoms with Crippen LogP contribution >= 0.6 is 0 Å². The summed E-state index contributed by atoms with van der Waals surface area (Å²) in [7, 11) is 0. The average Bonchev–Trinajstić information content (AvgIpc) is 2.33. The van der Waals surface area contributed by atoms with Crippen LogP contribution in [-0.2, 0) is 0 Å². The van der Waals surface area contributed by atoms with Crippen molar-refractivity contribution in [2.45, 2.75) is 26.3 Å². The van der Waals surface area contributed by atoms with E-state index in [2.05, 4.69) is 17.2 Å². The Kier molecular flexibility index (Phi) is 5.68. The topological polar surface area (TPSA) is 38.0 Å². The van der Waals surface area contributed by atoms with Crippen molar-refractivity contribution in [3.63, 3.8) is 0 Å². The number of benzene rings is 1. The van der Waals surface area contributed by atoms with Gasteiger partial charge in [0.25, 0.3) is 0 Å². The second-order valence-electron chi connectivity index (χ2n) is 3.93. The summed E-state index contributed by atoms with van der Waals surface area (Å²) in [5.41, 5.74) is 7.23. The molecule has 0 amide bonds. The maximum atomic E-state index is 13.4. The summed E-state index contributed by atoms with van der Waals surface area (Å²) in [5, 5.41) is 3.27. The zero-order valence-electron chi connectivity index (χ0n) is 10.4. The quantitative estimate of drug-likeness (QED) is 0.605. The van der Waals surface area contributed by atoms with Crippen LogP contribution in [0, 0.1) is 24.6 Å². The van der Waals surface area contributed by atoms with E-state index in [1.807, 2.05) is 13.0 Å². The van der Waals surface area contributed by atoms with Crippen molar-refractivity contribution >= 4 is 0 Å². The summed E-state index contributed by atoms with van der Waals surface area (Å²) in [6.45, 7) is 4.77. The third-order valence-electron chi connectivity index (χ3n) is 2.65. The van der Waals surface area contributed by atoms with Crippen molar-refractivity contribution in [1.29, 1.82) is 0 Å². The van der Waals surface area contributed by atoms with Gasteiger partial charge in [-0.05, 0) is 31.0 Å². The molecule has 1 aromatic carbocycles. The first-order valence-corrected chi connectivity index (χ1v) is 5.78. The molecule has 1 unspecified atom stereocenters. The smallest absolute Gasteiger partial charge is 0.126 e. The molecular weight excluding hydrogens is 215 g/mol. The van der Waals surface area contributed by atoms with Crippen molar-refractivity contribution in [2.24, 2.45) is 5.73 Å². The van der Waals surface area contributed by atoms with Crippen molar-refractivity contribution in [3.8, 4) is 11.8 Å². The minimum atomic E-state index is -0.184. The zero-order chi connectivity index (χ0) is 12.7. The van der Waals surface area contributed by atoms with Gasteiger partial charge >= 0.3 is 0 Å². The van der Waals surface area contributed by atoms with Crippen LogP contribution in [0.5, 0.6) is 0 Å². The molecule has 3 N–H and O–H groups in total. The molecule has 1 aromatic rings. The zero-order valence-corrected chi connectivity index (χ0v) is 10.4. The van der Waals surface area contributed by atoms with Crippen LogP contribution < -0.4 is 11.1 Å². The van der Waals surface area contributed by atoms with Gasteiger partial charge in [-0.25, -0.2) is 4.39 Å². The molecule has 1 atom stereocenters. The van der Waals surface area contributed by atoms with Crippen LogP contribution in [0.1, 0.15) is 30.5 Å². The highest BCUT2D eigenvalue weighted by molar-refractivity contribution is 5.26. The second-order valence-corrected chi connectivity index (χ2v) is 3.93. The third kappa shape index (κ3) is 4.18. The van der Waals surface area contributed by atoms with Gasteiger partial charge < -0.3 is 11.1 Å². The normalized spacial score (nSPS) is 11.8. The molecule has 17 heavy (non-hydrogen) atoms.